The lowest BCUT2D eigenvalue weighted by molar-refractivity contribution is 0.102. The summed E-state index contributed by atoms with van der Waals surface area (Å²) in [6.07, 6.45) is 1.76. The van der Waals surface area contributed by atoms with Crippen LogP contribution in [0.25, 0.3) is 11.3 Å². The van der Waals surface area contributed by atoms with Crippen LogP contribution in [0, 0.1) is 6.92 Å². The summed E-state index contributed by atoms with van der Waals surface area (Å²) in [5.74, 6) is 0.468. The number of nitrogens with one attached hydrogen (secondary N) is 1. The number of aromatic nitrogens is 1. The average Bonchev–Trinajstić information content (AvgIpc) is 3.45. The number of carbonyl (C=O) groups is 1. The highest BCUT2D eigenvalue weighted by molar-refractivity contribution is 7.89. The van der Waals surface area contributed by atoms with Gasteiger partial charge in [-0.1, -0.05) is 0 Å². The molecule has 7 nitrogen and oxygen atoms in total. The minimum atomic E-state index is -3.50. The summed E-state index contributed by atoms with van der Waals surface area (Å²) in [5, 5.41) is 3.31. The molecule has 1 aliphatic rings. The second-order valence-electron chi connectivity index (χ2n) is 7.47. The molecule has 9 heteroatoms. The molecule has 0 aliphatic carbocycles. The van der Waals surface area contributed by atoms with E-state index in [0.29, 0.717) is 30.4 Å². The molecular weight excluding hydrogens is 446 g/mol. The van der Waals surface area contributed by atoms with E-state index in [1.165, 1.54) is 39.9 Å². The minimum Gasteiger partial charge on any atom is -0.494 e. The summed E-state index contributed by atoms with van der Waals surface area (Å²) >= 11 is 1.39. The number of carbonyl (C=O) groups excluding carboxylic acids is 1. The fraction of sp³-hybridized carbons (Fsp3) is 0.304. The fourth-order valence-electron chi connectivity index (χ4n) is 3.62. The number of thiazole rings is 1. The van der Waals surface area contributed by atoms with Gasteiger partial charge >= 0.3 is 0 Å². The maximum atomic E-state index is 12.7. The van der Waals surface area contributed by atoms with E-state index in [-0.39, 0.29) is 10.8 Å². The zero-order chi connectivity index (χ0) is 22.7. The number of nitrogens with zero attached hydrogens (tertiary/aromatic N) is 2. The summed E-state index contributed by atoms with van der Waals surface area (Å²) in [6.45, 7) is 5.59. The molecule has 3 aromatic rings. The van der Waals surface area contributed by atoms with Gasteiger partial charge in [0.05, 0.1) is 17.2 Å². The van der Waals surface area contributed by atoms with Crippen molar-refractivity contribution in [1.29, 1.82) is 0 Å². The number of ether oxygens (including phenoxy) is 1. The number of hydrogen-bond donors (Lipinski definition) is 1. The number of hydrogen-bond acceptors (Lipinski definition) is 6. The minimum absolute atomic E-state index is 0.207. The zero-order valence-corrected chi connectivity index (χ0v) is 19.6. The summed E-state index contributed by atoms with van der Waals surface area (Å²) in [7, 11) is -3.50. The van der Waals surface area contributed by atoms with Crippen LogP contribution in [0.15, 0.2) is 53.4 Å². The van der Waals surface area contributed by atoms with E-state index in [4.69, 9.17) is 4.74 Å². The molecule has 1 fully saturated rings. The lowest BCUT2D eigenvalue weighted by Gasteiger charge is -2.15. The van der Waals surface area contributed by atoms with Gasteiger partial charge in [-0.25, -0.2) is 13.4 Å². The SMILES string of the molecule is CCOc1ccc(-c2nc(NC(=O)c3ccc(S(=O)(=O)N4CCCC4)cc3)sc2C)cc1. The van der Waals surface area contributed by atoms with Crippen molar-refractivity contribution in [3.8, 4) is 17.0 Å². The van der Waals surface area contributed by atoms with E-state index >= 15 is 0 Å². The van der Waals surface area contributed by atoms with Crippen LogP contribution >= 0.6 is 11.3 Å². The fourth-order valence-corrected chi connectivity index (χ4v) is 5.97. The number of anilines is 1. The van der Waals surface area contributed by atoms with Crippen molar-refractivity contribution in [2.75, 3.05) is 25.0 Å². The number of rotatable bonds is 7. The molecule has 1 aromatic heterocycles. The van der Waals surface area contributed by atoms with Crippen molar-refractivity contribution in [2.45, 2.75) is 31.6 Å². The van der Waals surface area contributed by atoms with Crippen LogP contribution in [0.1, 0.15) is 35.0 Å². The third kappa shape index (κ3) is 4.69. The van der Waals surface area contributed by atoms with Gasteiger partial charge in [0.25, 0.3) is 5.91 Å². The summed E-state index contributed by atoms with van der Waals surface area (Å²) in [5.41, 5.74) is 2.13. The van der Waals surface area contributed by atoms with E-state index in [2.05, 4.69) is 10.3 Å². The molecule has 0 spiro atoms. The molecule has 0 unspecified atom stereocenters. The second-order valence-corrected chi connectivity index (χ2v) is 10.6. The summed E-state index contributed by atoms with van der Waals surface area (Å²) in [4.78, 5) is 18.4. The predicted molar refractivity (Wildman–Crippen MR) is 126 cm³/mol. The zero-order valence-electron chi connectivity index (χ0n) is 18.0. The maximum Gasteiger partial charge on any atom is 0.257 e. The van der Waals surface area contributed by atoms with Gasteiger partial charge in [0.2, 0.25) is 10.0 Å². The Labute approximate surface area is 192 Å². The Bertz CT molecular complexity index is 1200. The third-order valence-electron chi connectivity index (χ3n) is 5.28. The highest BCUT2D eigenvalue weighted by Crippen LogP contribution is 2.31. The van der Waals surface area contributed by atoms with Crippen LogP contribution in [0.3, 0.4) is 0 Å². The predicted octanol–water partition coefficient (Wildman–Crippen LogP) is 4.55. The third-order valence-corrected chi connectivity index (χ3v) is 8.07. The van der Waals surface area contributed by atoms with Crippen molar-refractivity contribution in [3.05, 3.63) is 59.0 Å². The molecule has 2 heterocycles. The average molecular weight is 472 g/mol. The van der Waals surface area contributed by atoms with E-state index in [1.807, 2.05) is 38.1 Å². The molecule has 0 saturated carbocycles. The van der Waals surface area contributed by atoms with Gasteiger partial charge in [0.1, 0.15) is 5.75 Å². The van der Waals surface area contributed by atoms with E-state index in [0.717, 1.165) is 34.7 Å². The Morgan fingerprint density at radius 2 is 1.75 bits per heavy atom. The Morgan fingerprint density at radius 1 is 1.09 bits per heavy atom. The molecule has 168 valence electrons. The molecule has 2 aromatic carbocycles. The highest BCUT2D eigenvalue weighted by Gasteiger charge is 2.27. The molecule has 0 atom stereocenters. The lowest BCUT2D eigenvalue weighted by Crippen LogP contribution is -2.27. The van der Waals surface area contributed by atoms with Crippen molar-refractivity contribution in [1.82, 2.24) is 9.29 Å². The van der Waals surface area contributed by atoms with Crippen LogP contribution in [-0.2, 0) is 10.0 Å². The van der Waals surface area contributed by atoms with Crippen LogP contribution in [0.5, 0.6) is 5.75 Å². The lowest BCUT2D eigenvalue weighted by atomic mass is 10.1. The van der Waals surface area contributed by atoms with Crippen molar-refractivity contribution in [3.63, 3.8) is 0 Å². The maximum absolute atomic E-state index is 12.7. The van der Waals surface area contributed by atoms with Gasteiger partial charge in [0.15, 0.2) is 5.13 Å². The first-order valence-corrected chi connectivity index (χ1v) is 12.8. The number of benzene rings is 2. The smallest absolute Gasteiger partial charge is 0.257 e. The van der Waals surface area contributed by atoms with Crippen LogP contribution in [-0.4, -0.2) is 43.3 Å². The molecule has 32 heavy (non-hydrogen) atoms. The van der Waals surface area contributed by atoms with Gasteiger partial charge in [-0.2, -0.15) is 4.31 Å². The highest BCUT2D eigenvalue weighted by atomic mass is 32.2. The summed E-state index contributed by atoms with van der Waals surface area (Å²) in [6, 6.07) is 13.7. The van der Waals surface area contributed by atoms with Gasteiger partial charge in [-0.3, -0.25) is 10.1 Å². The molecule has 4 rings (SSSR count). The van der Waals surface area contributed by atoms with Gasteiger partial charge in [0, 0.05) is 29.1 Å². The van der Waals surface area contributed by atoms with E-state index in [1.54, 1.807) is 0 Å². The number of aryl methyl sites for hydroxylation is 1. The largest absolute Gasteiger partial charge is 0.494 e. The van der Waals surface area contributed by atoms with Gasteiger partial charge in [-0.05, 0) is 75.2 Å². The standard InChI is InChI=1S/C23H25N3O4S2/c1-3-30-19-10-6-17(7-11-19)21-16(2)31-23(24-21)25-22(27)18-8-12-20(13-9-18)32(28,29)26-14-4-5-15-26/h6-13H,3-5,14-15H2,1-2H3,(H,24,25,27). The topological polar surface area (TPSA) is 88.6 Å². The van der Waals surface area contributed by atoms with Crippen molar-refractivity contribution < 1.29 is 17.9 Å². The molecular formula is C23H25N3O4S2. The Morgan fingerprint density at radius 3 is 2.38 bits per heavy atom. The van der Waals surface area contributed by atoms with E-state index in [9.17, 15) is 13.2 Å². The van der Waals surface area contributed by atoms with Crippen molar-refractivity contribution in [2.24, 2.45) is 0 Å². The van der Waals surface area contributed by atoms with Gasteiger partial charge < -0.3 is 4.74 Å². The summed E-state index contributed by atoms with van der Waals surface area (Å²) < 4.78 is 32.3. The Hall–Kier alpha value is -2.75. The molecule has 0 bridgehead atoms. The monoisotopic (exact) mass is 471 g/mol. The van der Waals surface area contributed by atoms with Crippen LogP contribution < -0.4 is 10.1 Å². The first kappa shape index (κ1) is 22.4. The van der Waals surface area contributed by atoms with Crippen LogP contribution in [0.4, 0.5) is 5.13 Å². The van der Waals surface area contributed by atoms with Crippen molar-refractivity contribution >= 4 is 32.4 Å². The Balaban J connectivity index is 1.46. The molecule has 1 amide bonds. The number of amides is 1. The molecule has 1 aliphatic heterocycles. The van der Waals surface area contributed by atoms with E-state index < -0.39 is 10.0 Å². The van der Waals surface area contributed by atoms with Crippen LogP contribution in [0.2, 0.25) is 0 Å². The normalized spacial score (nSPS) is 14.4. The van der Waals surface area contributed by atoms with Gasteiger partial charge in [-0.15, -0.1) is 11.3 Å². The molecule has 1 saturated heterocycles. The first-order chi connectivity index (χ1) is 15.4. The Kier molecular flexibility index (Phi) is 6.59. The number of sulfonamides is 1. The molecule has 0 radical (unpaired) electrons. The second kappa shape index (κ2) is 9.40. The first-order valence-electron chi connectivity index (χ1n) is 10.5. The molecule has 1 N–H and O–H groups in total. The quantitative estimate of drug-likeness (QED) is 0.546.